The lowest BCUT2D eigenvalue weighted by Crippen LogP contribution is -2.67. The van der Waals surface area contributed by atoms with Gasteiger partial charge in [0.25, 0.3) is 0 Å². The Labute approximate surface area is 103 Å². The zero-order valence-electron chi connectivity index (χ0n) is 10.7. The fraction of sp³-hybridized carbons (Fsp3) is 0.833. The molecule has 0 saturated heterocycles. The molecule has 1 atom stereocenters. The average molecular weight is 246 g/mol. The Morgan fingerprint density at radius 3 is 1.94 bits per heavy atom. The highest BCUT2D eigenvalue weighted by molar-refractivity contribution is 5.07. The molecule has 6 N–H and O–H groups in total. The van der Waals surface area contributed by atoms with Crippen LogP contribution in [0, 0.1) is 0 Å². The highest BCUT2D eigenvalue weighted by Gasteiger charge is 2.43. The Morgan fingerprint density at radius 2 is 1.59 bits per heavy atom. The van der Waals surface area contributed by atoms with Crippen LogP contribution >= 0.6 is 0 Å². The van der Waals surface area contributed by atoms with Gasteiger partial charge in [0, 0.05) is 37.4 Å². The molecule has 102 valence electrons. The first-order chi connectivity index (χ1) is 7.99. The van der Waals surface area contributed by atoms with Crippen LogP contribution in [-0.2, 0) is 0 Å². The van der Waals surface area contributed by atoms with Gasteiger partial charge >= 0.3 is 0 Å². The molecule has 0 heterocycles. The molecule has 5 heteroatoms. The van der Waals surface area contributed by atoms with E-state index in [0.29, 0.717) is 25.8 Å². The standard InChI is InChI=1S/C12H26N2O3/c1-3-7-14-12(5-9-16,6-10-17)11(2,13)4-8-15/h3,14-17H,1,4-10,13H2,2H3. The van der Waals surface area contributed by atoms with Crippen LogP contribution in [0.3, 0.4) is 0 Å². The normalized spacial score (nSPS) is 15.6. The van der Waals surface area contributed by atoms with Gasteiger partial charge < -0.3 is 26.4 Å². The summed E-state index contributed by atoms with van der Waals surface area (Å²) in [5, 5.41) is 30.7. The van der Waals surface area contributed by atoms with Gasteiger partial charge in [-0.3, -0.25) is 0 Å². The molecule has 0 spiro atoms. The molecule has 0 radical (unpaired) electrons. The second kappa shape index (κ2) is 7.79. The topological polar surface area (TPSA) is 98.7 Å². The van der Waals surface area contributed by atoms with Gasteiger partial charge in [-0.1, -0.05) is 6.08 Å². The zero-order valence-corrected chi connectivity index (χ0v) is 10.7. The molecule has 0 aromatic carbocycles. The quantitative estimate of drug-likeness (QED) is 0.330. The summed E-state index contributed by atoms with van der Waals surface area (Å²) in [6.45, 7) is 5.92. The lowest BCUT2D eigenvalue weighted by molar-refractivity contribution is 0.0829. The minimum atomic E-state index is -0.712. The number of aliphatic hydroxyl groups excluding tert-OH is 3. The monoisotopic (exact) mass is 246 g/mol. The van der Waals surface area contributed by atoms with E-state index in [4.69, 9.17) is 10.8 Å². The van der Waals surface area contributed by atoms with Gasteiger partial charge in [-0.2, -0.15) is 0 Å². The number of hydrogen-bond acceptors (Lipinski definition) is 5. The van der Waals surface area contributed by atoms with Crippen molar-refractivity contribution in [2.75, 3.05) is 26.4 Å². The van der Waals surface area contributed by atoms with Gasteiger partial charge in [-0.05, 0) is 26.2 Å². The van der Waals surface area contributed by atoms with Crippen molar-refractivity contribution >= 4 is 0 Å². The maximum absolute atomic E-state index is 9.19. The van der Waals surface area contributed by atoms with Crippen LogP contribution in [0.1, 0.15) is 26.2 Å². The number of hydrogen-bond donors (Lipinski definition) is 5. The Kier molecular flexibility index (Phi) is 7.58. The van der Waals surface area contributed by atoms with Crippen LogP contribution in [0.15, 0.2) is 12.7 Å². The molecule has 0 aliphatic carbocycles. The predicted molar refractivity (Wildman–Crippen MR) is 68.6 cm³/mol. The first kappa shape index (κ1) is 16.5. The third-order valence-corrected chi connectivity index (χ3v) is 3.39. The summed E-state index contributed by atoms with van der Waals surface area (Å²) >= 11 is 0. The van der Waals surface area contributed by atoms with Gasteiger partial charge in [0.2, 0.25) is 0 Å². The highest BCUT2D eigenvalue weighted by atomic mass is 16.3. The fourth-order valence-electron chi connectivity index (χ4n) is 2.20. The van der Waals surface area contributed by atoms with Crippen LogP contribution < -0.4 is 11.1 Å². The van der Waals surface area contributed by atoms with Crippen molar-refractivity contribution in [1.82, 2.24) is 5.32 Å². The molecular formula is C12H26N2O3. The Bertz CT molecular complexity index is 214. The predicted octanol–water partition coefficient (Wildman–Crippen LogP) is -0.635. The van der Waals surface area contributed by atoms with Crippen LogP contribution in [0.2, 0.25) is 0 Å². The zero-order chi connectivity index (χ0) is 13.4. The molecule has 0 aromatic heterocycles. The van der Waals surface area contributed by atoms with Crippen molar-refractivity contribution in [2.45, 2.75) is 37.3 Å². The SMILES string of the molecule is C=CCNC(CCO)(CCO)C(C)(N)CCO. The van der Waals surface area contributed by atoms with E-state index in [1.54, 1.807) is 6.08 Å². The second-order valence-electron chi connectivity index (χ2n) is 4.59. The molecule has 5 nitrogen and oxygen atoms in total. The Balaban J connectivity index is 5.03. The summed E-state index contributed by atoms with van der Waals surface area (Å²) < 4.78 is 0. The van der Waals surface area contributed by atoms with Crippen molar-refractivity contribution in [3.63, 3.8) is 0 Å². The van der Waals surface area contributed by atoms with Crippen molar-refractivity contribution in [1.29, 1.82) is 0 Å². The first-order valence-corrected chi connectivity index (χ1v) is 5.97. The number of nitrogens with two attached hydrogens (primary N) is 1. The molecule has 0 bridgehead atoms. The smallest absolute Gasteiger partial charge is 0.0449 e. The van der Waals surface area contributed by atoms with Crippen LogP contribution in [-0.4, -0.2) is 52.8 Å². The molecule has 0 fully saturated rings. The lowest BCUT2D eigenvalue weighted by Gasteiger charge is -2.47. The number of aliphatic hydroxyl groups is 3. The van der Waals surface area contributed by atoms with Crippen molar-refractivity contribution in [2.24, 2.45) is 5.73 Å². The number of nitrogens with one attached hydrogen (secondary N) is 1. The van der Waals surface area contributed by atoms with E-state index in [1.807, 2.05) is 6.92 Å². The van der Waals surface area contributed by atoms with E-state index in [1.165, 1.54) is 0 Å². The highest BCUT2D eigenvalue weighted by Crippen LogP contribution is 2.29. The maximum Gasteiger partial charge on any atom is 0.0449 e. The van der Waals surface area contributed by atoms with Crippen molar-refractivity contribution < 1.29 is 15.3 Å². The average Bonchev–Trinajstić information content (AvgIpc) is 2.26. The van der Waals surface area contributed by atoms with E-state index in [-0.39, 0.29) is 19.8 Å². The van der Waals surface area contributed by atoms with Crippen LogP contribution in [0.25, 0.3) is 0 Å². The van der Waals surface area contributed by atoms with Crippen LogP contribution in [0.5, 0.6) is 0 Å². The van der Waals surface area contributed by atoms with E-state index < -0.39 is 11.1 Å². The summed E-state index contributed by atoms with van der Waals surface area (Å²) in [5.41, 5.74) is 4.92. The van der Waals surface area contributed by atoms with Crippen molar-refractivity contribution in [3.05, 3.63) is 12.7 Å². The van der Waals surface area contributed by atoms with E-state index >= 15 is 0 Å². The maximum atomic E-state index is 9.19. The Hall–Kier alpha value is -0.460. The molecular weight excluding hydrogens is 220 g/mol. The molecule has 0 aliphatic rings. The summed E-state index contributed by atoms with van der Waals surface area (Å²) in [7, 11) is 0. The molecule has 0 amide bonds. The third-order valence-electron chi connectivity index (χ3n) is 3.39. The first-order valence-electron chi connectivity index (χ1n) is 5.97. The van der Waals surface area contributed by atoms with Crippen LogP contribution in [0.4, 0.5) is 0 Å². The largest absolute Gasteiger partial charge is 0.396 e. The summed E-state index contributed by atoms with van der Waals surface area (Å²) in [6.07, 6.45) is 2.96. The minimum absolute atomic E-state index is 0.0254. The lowest BCUT2D eigenvalue weighted by atomic mass is 9.72. The van der Waals surface area contributed by atoms with Gasteiger partial charge in [-0.25, -0.2) is 0 Å². The Morgan fingerprint density at radius 1 is 1.12 bits per heavy atom. The van der Waals surface area contributed by atoms with Crippen molar-refractivity contribution in [3.8, 4) is 0 Å². The summed E-state index contributed by atoms with van der Waals surface area (Å²) in [4.78, 5) is 0. The fourth-order valence-corrected chi connectivity index (χ4v) is 2.20. The van der Waals surface area contributed by atoms with Gasteiger partial charge in [0.15, 0.2) is 0 Å². The third kappa shape index (κ3) is 4.37. The van der Waals surface area contributed by atoms with Gasteiger partial charge in [0.05, 0.1) is 0 Å². The number of rotatable bonds is 10. The minimum Gasteiger partial charge on any atom is -0.396 e. The van der Waals surface area contributed by atoms with Gasteiger partial charge in [0.1, 0.15) is 0 Å². The van der Waals surface area contributed by atoms with Gasteiger partial charge in [-0.15, -0.1) is 6.58 Å². The summed E-state index contributed by atoms with van der Waals surface area (Å²) in [6, 6.07) is 0. The molecule has 0 aliphatic heterocycles. The molecule has 0 saturated carbocycles. The van der Waals surface area contributed by atoms with E-state index in [2.05, 4.69) is 11.9 Å². The molecule has 1 unspecified atom stereocenters. The molecule has 17 heavy (non-hydrogen) atoms. The molecule has 0 rings (SSSR count). The van der Waals surface area contributed by atoms with E-state index in [9.17, 15) is 10.2 Å². The van der Waals surface area contributed by atoms with E-state index in [0.717, 1.165) is 0 Å². The summed E-state index contributed by atoms with van der Waals surface area (Å²) in [5.74, 6) is 0. The second-order valence-corrected chi connectivity index (χ2v) is 4.59. The molecule has 0 aromatic rings.